The van der Waals surface area contributed by atoms with Crippen LogP contribution in [-0.2, 0) is 11.3 Å². The molecule has 0 saturated carbocycles. The molecule has 1 atom stereocenters. The maximum atomic E-state index is 11.7. The molecule has 0 aromatic carbocycles. The third-order valence-electron chi connectivity index (χ3n) is 2.84. The number of rotatable bonds is 3. The van der Waals surface area contributed by atoms with Crippen molar-refractivity contribution in [2.24, 2.45) is 5.92 Å². The molecule has 15 heavy (non-hydrogen) atoms. The number of hydrogen-bond donors (Lipinski definition) is 0. The van der Waals surface area contributed by atoms with E-state index in [9.17, 15) is 4.79 Å². The minimum absolute atomic E-state index is 0.311. The van der Waals surface area contributed by atoms with Crippen LogP contribution in [0.3, 0.4) is 0 Å². The molecule has 4 heteroatoms. The quantitative estimate of drug-likeness (QED) is 0.836. The average Bonchev–Trinajstić information content (AvgIpc) is 2.75. The van der Waals surface area contributed by atoms with Crippen molar-refractivity contribution in [1.82, 2.24) is 4.90 Å². The molecule has 0 radical (unpaired) electrons. The van der Waals surface area contributed by atoms with E-state index in [2.05, 4.69) is 34.3 Å². The highest BCUT2D eigenvalue weighted by atomic mass is 79.9. The Balaban J connectivity index is 1.98. The summed E-state index contributed by atoms with van der Waals surface area (Å²) < 4.78 is 1.11. The molecule has 1 aromatic heterocycles. The standard InChI is InChI=1S/C11H14BrNOS/c1-2-8-3-11(14)13(5-8)6-10-4-9(12)7-15-10/h4,7-8H,2-3,5-6H2,1H3. The van der Waals surface area contributed by atoms with Crippen molar-refractivity contribution in [1.29, 1.82) is 0 Å². The Bertz CT molecular complexity index is 363. The monoisotopic (exact) mass is 287 g/mol. The number of halogens is 1. The van der Waals surface area contributed by atoms with E-state index in [1.165, 1.54) is 4.88 Å². The fraction of sp³-hybridized carbons (Fsp3) is 0.545. The summed E-state index contributed by atoms with van der Waals surface area (Å²) >= 11 is 5.14. The first-order chi connectivity index (χ1) is 7.19. The Kier molecular flexibility index (Phi) is 3.46. The molecule has 1 unspecified atom stereocenters. The van der Waals surface area contributed by atoms with Crippen LogP contribution in [0.1, 0.15) is 24.6 Å². The summed E-state index contributed by atoms with van der Waals surface area (Å²) in [6.45, 7) is 3.87. The lowest BCUT2D eigenvalue weighted by Gasteiger charge is -2.14. The summed E-state index contributed by atoms with van der Waals surface area (Å²) in [5, 5.41) is 2.06. The summed E-state index contributed by atoms with van der Waals surface area (Å²) in [5.41, 5.74) is 0. The van der Waals surface area contributed by atoms with Gasteiger partial charge in [0.2, 0.25) is 5.91 Å². The highest BCUT2D eigenvalue weighted by Crippen LogP contribution is 2.26. The minimum atomic E-state index is 0.311. The molecule has 82 valence electrons. The zero-order chi connectivity index (χ0) is 10.8. The minimum Gasteiger partial charge on any atom is -0.337 e. The van der Waals surface area contributed by atoms with E-state index < -0.39 is 0 Å². The second-order valence-corrected chi connectivity index (χ2v) is 5.90. The molecular formula is C11H14BrNOS. The van der Waals surface area contributed by atoms with Gasteiger partial charge in [-0.15, -0.1) is 11.3 Å². The Labute approximate surface area is 102 Å². The molecule has 1 aliphatic rings. The van der Waals surface area contributed by atoms with Gasteiger partial charge in [-0.2, -0.15) is 0 Å². The highest BCUT2D eigenvalue weighted by molar-refractivity contribution is 9.10. The van der Waals surface area contributed by atoms with Crippen LogP contribution in [0, 0.1) is 5.92 Å². The van der Waals surface area contributed by atoms with Crippen LogP contribution in [0.4, 0.5) is 0 Å². The van der Waals surface area contributed by atoms with E-state index in [4.69, 9.17) is 0 Å². The van der Waals surface area contributed by atoms with E-state index in [1.807, 2.05) is 4.90 Å². The molecule has 1 aliphatic heterocycles. The lowest BCUT2D eigenvalue weighted by molar-refractivity contribution is -0.128. The van der Waals surface area contributed by atoms with Crippen LogP contribution in [0.2, 0.25) is 0 Å². The number of carbonyl (C=O) groups excluding carboxylic acids is 1. The molecule has 1 amide bonds. The number of amides is 1. The Morgan fingerprint density at radius 3 is 3.00 bits per heavy atom. The van der Waals surface area contributed by atoms with Gasteiger partial charge >= 0.3 is 0 Å². The number of carbonyl (C=O) groups is 1. The molecular weight excluding hydrogens is 274 g/mol. The van der Waals surface area contributed by atoms with Crippen molar-refractivity contribution in [2.45, 2.75) is 26.3 Å². The van der Waals surface area contributed by atoms with Crippen molar-refractivity contribution >= 4 is 33.2 Å². The van der Waals surface area contributed by atoms with Gasteiger partial charge in [0, 0.05) is 27.7 Å². The highest BCUT2D eigenvalue weighted by Gasteiger charge is 2.28. The summed E-state index contributed by atoms with van der Waals surface area (Å²) in [7, 11) is 0. The first-order valence-corrected chi connectivity index (χ1v) is 6.87. The molecule has 0 aliphatic carbocycles. The van der Waals surface area contributed by atoms with Gasteiger partial charge in [-0.25, -0.2) is 0 Å². The Morgan fingerprint density at radius 1 is 1.67 bits per heavy atom. The zero-order valence-corrected chi connectivity index (χ0v) is 11.1. The normalized spacial score (nSPS) is 21.3. The third-order valence-corrected chi connectivity index (χ3v) is 4.52. The van der Waals surface area contributed by atoms with E-state index in [-0.39, 0.29) is 0 Å². The molecule has 0 spiro atoms. The lowest BCUT2D eigenvalue weighted by Crippen LogP contribution is -2.23. The van der Waals surface area contributed by atoms with Gasteiger partial charge in [0.05, 0.1) is 6.54 Å². The molecule has 2 nitrogen and oxygen atoms in total. The van der Waals surface area contributed by atoms with Gasteiger partial charge in [0.1, 0.15) is 0 Å². The van der Waals surface area contributed by atoms with Crippen molar-refractivity contribution < 1.29 is 4.79 Å². The van der Waals surface area contributed by atoms with Crippen LogP contribution in [0.15, 0.2) is 15.9 Å². The second-order valence-electron chi connectivity index (χ2n) is 3.98. The van der Waals surface area contributed by atoms with Gasteiger partial charge in [0.25, 0.3) is 0 Å². The van der Waals surface area contributed by atoms with E-state index in [0.29, 0.717) is 11.8 Å². The number of likely N-dealkylation sites (tertiary alicyclic amines) is 1. The van der Waals surface area contributed by atoms with Crippen molar-refractivity contribution in [3.63, 3.8) is 0 Å². The van der Waals surface area contributed by atoms with Crippen LogP contribution < -0.4 is 0 Å². The summed E-state index contributed by atoms with van der Waals surface area (Å²) in [4.78, 5) is 14.9. The van der Waals surface area contributed by atoms with Crippen LogP contribution in [-0.4, -0.2) is 17.4 Å². The molecule has 0 N–H and O–H groups in total. The van der Waals surface area contributed by atoms with Gasteiger partial charge in [0.15, 0.2) is 0 Å². The first-order valence-electron chi connectivity index (χ1n) is 5.19. The Morgan fingerprint density at radius 2 is 2.47 bits per heavy atom. The molecule has 1 fully saturated rings. The van der Waals surface area contributed by atoms with Crippen molar-refractivity contribution in [2.75, 3.05) is 6.54 Å². The Hall–Kier alpha value is -0.350. The second kappa shape index (κ2) is 4.66. The number of thiophene rings is 1. The molecule has 0 bridgehead atoms. The van der Waals surface area contributed by atoms with Gasteiger partial charge < -0.3 is 4.90 Å². The van der Waals surface area contributed by atoms with Crippen LogP contribution in [0.5, 0.6) is 0 Å². The van der Waals surface area contributed by atoms with E-state index in [1.54, 1.807) is 11.3 Å². The molecule has 2 heterocycles. The maximum Gasteiger partial charge on any atom is 0.223 e. The summed E-state index contributed by atoms with van der Waals surface area (Å²) in [5.74, 6) is 0.882. The number of hydrogen-bond acceptors (Lipinski definition) is 2. The molecule has 1 aromatic rings. The smallest absolute Gasteiger partial charge is 0.223 e. The third kappa shape index (κ3) is 2.61. The van der Waals surface area contributed by atoms with Gasteiger partial charge in [-0.3, -0.25) is 4.79 Å². The first kappa shape index (κ1) is 11.1. The van der Waals surface area contributed by atoms with Gasteiger partial charge in [-0.05, 0) is 27.9 Å². The topological polar surface area (TPSA) is 20.3 Å². The summed E-state index contributed by atoms with van der Waals surface area (Å²) in [6, 6.07) is 2.09. The van der Waals surface area contributed by atoms with E-state index >= 15 is 0 Å². The fourth-order valence-electron chi connectivity index (χ4n) is 1.91. The largest absolute Gasteiger partial charge is 0.337 e. The lowest BCUT2D eigenvalue weighted by atomic mass is 10.1. The van der Waals surface area contributed by atoms with Crippen molar-refractivity contribution in [3.8, 4) is 0 Å². The number of nitrogens with zero attached hydrogens (tertiary/aromatic N) is 1. The predicted molar refractivity (Wildman–Crippen MR) is 65.8 cm³/mol. The van der Waals surface area contributed by atoms with E-state index in [0.717, 1.165) is 30.4 Å². The molecule has 2 rings (SSSR count). The predicted octanol–water partition coefficient (Wildman–Crippen LogP) is 3.27. The van der Waals surface area contributed by atoms with Crippen LogP contribution in [0.25, 0.3) is 0 Å². The van der Waals surface area contributed by atoms with Crippen LogP contribution >= 0.6 is 27.3 Å². The molecule has 1 saturated heterocycles. The zero-order valence-electron chi connectivity index (χ0n) is 8.70. The van der Waals surface area contributed by atoms with Crippen molar-refractivity contribution in [3.05, 3.63) is 20.8 Å². The van der Waals surface area contributed by atoms with Gasteiger partial charge in [-0.1, -0.05) is 13.3 Å². The fourth-order valence-corrected chi connectivity index (χ4v) is 3.37. The summed E-state index contributed by atoms with van der Waals surface area (Å²) in [6.07, 6.45) is 1.85. The maximum absolute atomic E-state index is 11.7. The average molecular weight is 288 g/mol. The SMILES string of the molecule is CCC1CC(=O)N(Cc2cc(Br)cs2)C1.